The Balaban J connectivity index is 1.44. The van der Waals surface area contributed by atoms with Gasteiger partial charge in [0, 0.05) is 45.2 Å². The first kappa shape index (κ1) is 24.0. The Kier molecular flexibility index (Phi) is 6.58. The molecule has 1 fully saturated rings. The second kappa shape index (κ2) is 10.2. The normalized spacial score (nSPS) is 14.8. The van der Waals surface area contributed by atoms with Crippen molar-refractivity contribution < 1.29 is 0 Å². The van der Waals surface area contributed by atoms with Crippen LogP contribution in [-0.4, -0.2) is 20.4 Å². The molecule has 0 radical (unpaired) electrons. The number of hydrogen-bond acceptors (Lipinski definition) is 3. The molecule has 37 heavy (non-hydrogen) atoms. The Bertz CT molecular complexity index is 1700. The van der Waals surface area contributed by atoms with Crippen molar-refractivity contribution in [3.05, 3.63) is 110 Å². The van der Waals surface area contributed by atoms with Crippen molar-refractivity contribution in [1.29, 1.82) is 0 Å². The summed E-state index contributed by atoms with van der Waals surface area (Å²) in [5, 5.41) is 7.64. The molecule has 0 unspecified atom stereocenters. The highest BCUT2D eigenvalue weighted by atomic mass is 35.5. The van der Waals surface area contributed by atoms with Gasteiger partial charge in [-0.1, -0.05) is 78.9 Å². The van der Waals surface area contributed by atoms with E-state index in [9.17, 15) is 4.79 Å². The molecule has 186 valence electrons. The van der Waals surface area contributed by atoms with Gasteiger partial charge in [0.1, 0.15) is 5.82 Å². The molecule has 2 heterocycles. The van der Waals surface area contributed by atoms with E-state index in [1.165, 1.54) is 11.1 Å². The molecule has 1 saturated carbocycles. The number of nitrogens with zero attached hydrogens (tertiary/aromatic N) is 4. The average Bonchev–Trinajstić information content (AvgIpc) is 3.27. The van der Waals surface area contributed by atoms with Crippen LogP contribution in [0.2, 0.25) is 10.0 Å². The Labute approximate surface area is 225 Å². The minimum Gasteiger partial charge on any atom is -0.342 e. The van der Waals surface area contributed by atoms with Gasteiger partial charge in [-0.3, -0.25) is 4.79 Å². The van der Waals surface area contributed by atoms with Crippen LogP contribution in [0.15, 0.2) is 82.8 Å². The highest BCUT2D eigenvalue weighted by Gasteiger charge is 2.22. The van der Waals surface area contributed by atoms with Crippen LogP contribution in [0.3, 0.4) is 0 Å². The van der Waals surface area contributed by atoms with Crippen molar-refractivity contribution in [1.82, 2.24) is 14.2 Å². The van der Waals surface area contributed by atoms with Gasteiger partial charge in [-0.25, -0.2) is 4.98 Å². The molecule has 2 aromatic heterocycles. The van der Waals surface area contributed by atoms with E-state index in [0.717, 1.165) is 59.1 Å². The van der Waals surface area contributed by atoms with Crippen molar-refractivity contribution >= 4 is 51.2 Å². The Hall–Kier alpha value is -3.41. The summed E-state index contributed by atoms with van der Waals surface area (Å²) in [7, 11) is 0. The number of benzene rings is 3. The number of rotatable bonds is 5. The van der Waals surface area contributed by atoms with Crippen LogP contribution in [0.4, 0.5) is 0 Å². The third kappa shape index (κ3) is 4.70. The number of aromatic nitrogens is 3. The predicted molar refractivity (Wildman–Crippen MR) is 152 cm³/mol. The van der Waals surface area contributed by atoms with Crippen LogP contribution < -0.4 is 5.56 Å². The van der Waals surface area contributed by atoms with E-state index in [1.807, 2.05) is 48.5 Å². The van der Waals surface area contributed by atoms with Crippen molar-refractivity contribution in [2.45, 2.75) is 44.6 Å². The minimum atomic E-state index is -0.126. The van der Waals surface area contributed by atoms with Gasteiger partial charge in [-0.15, -0.1) is 0 Å². The predicted octanol–water partition coefficient (Wildman–Crippen LogP) is 7.64. The molecule has 5 nitrogen and oxygen atoms in total. The second-order valence-electron chi connectivity index (χ2n) is 9.65. The summed E-state index contributed by atoms with van der Waals surface area (Å²) in [5.41, 5.74) is 3.57. The molecule has 7 heteroatoms. The van der Waals surface area contributed by atoms with E-state index in [0.29, 0.717) is 22.0 Å². The van der Waals surface area contributed by atoms with Crippen LogP contribution in [0.5, 0.6) is 0 Å². The lowest BCUT2D eigenvalue weighted by Crippen LogP contribution is -2.25. The van der Waals surface area contributed by atoms with E-state index in [1.54, 1.807) is 12.3 Å². The molecule has 3 aromatic carbocycles. The number of halogens is 2. The molecule has 0 aliphatic heterocycles. The Morgan fingerprint density at radius 3 is 2.51 bits per heavy atom. The molecule has 1 aliphatic rings. The first-order valence-corrected chi connectivity index (χ1v) is 13.4. The van der Waals surface area contributed by atoms with Gasteiger partial charge in [0.25, 0.3) is 5.56 Å². The topological polar surface area (TPSA) is 52.2 Å². The minimum absolute atomic E-state index is 0.126. The second-order valence-corrected chi connectivity index (χ2v) is 10.5. The average molecular weight is 529 g/mol. The van der Waals surface area contributed by atoms with Gasteiger partial charge < -0.3 is 4.57 Å². The molecular weight excluding hydrogens is 503 g/mol. The van der Waals surface area contributed by atoms with Crippen LogP contribution >= 0.6 is 23.2 Å². The van der Waals surface area contributed by atoms with Crippen molar-refractivity contribution in [3.63, 3.8) is 0 Å². The van der Waals surface area contributed by atoms with Crippen LogP contribution in [0.25, 0.3) is 21.8 Å². The molecule has 0 amide bonds. The Morgan fingerprint density at radius 2 is 1.70 bits per heavy atom. The fourth-order valence-electron chi connectivity index (χ4n) is 5.34. The maximum atomic E-state index is 13.6. The molecule has 0 N–H and O–H groups in total. The smallest absolute Gasteiger partial charge is 0.282 e. The van der Waals surface area contributed by atoms with Gasteiger partial charge in [0.15, 0.2) is 0 Å². The van der Waals surface area contributed by atoms with Crippen molar-refractivity contribution in [2.75, 3.05) is 0 Å². The summed E-state index contributed by atoms with van der Waals surface area (Å²) < 4.78 is 3.68. The van der Waals surface area contributed by atoms with Gasteiger partial charge >= 0.3 is 0 Å². The zero-order chi connectivity index (χ0) is 25.4. The molecule has 1 aliphatic carbocycles. The summed E-state index contributed by atoms with van der Waals surface area (Å²) in [6.45, 7) is 0.592. The van der Waals surface area contributed by atoms with Crippen molar-refractivity contribution in [3.8, 4) is 0 Å². The molecule has 6 rings (SSSR count). The Morgan fingerprint density at radius 1 is 0.946 bits per heavy atom. The fraction of sp³-hybridized carbons (Fsp3) is 0.233. The molecule has 0 bridgehead atoms. The third-order valence-electron chi connectivity index (χ3n) is 7.24. The van der Waals surface area contributed by atoms with Gasteiger partial charge in [0.2, 0.25) is 0 Å². The zero-order valence-electron chi connectivity index (χ0n) is 20.3. The van der Waals surface area contributed by atoms with E-state index >= 15 is 0 Å². The maximum Gasteiger partial charge on any atom is 0.282 e. The van der Waals surface area contributed by atoms with Gasteiger partial charge in [-0.2, -0.15) is 9.78 Å². The maximum absolute atomic E-state index is 13.6. The number of para-hydroxylation sites is 2. The third-order valence-corrected chi connectivity index (χ3v) is 7.82. The lowest BCUT2D eigenvalue weighted by molar-refractivity contribution is 0.416. The lowest BCUT2D eigenvalue weighted by atomic mass is 9.88. The SMILES string of the molecule is O=c1c2ccccc2nc(C2CCCCC2)n1N=Cc1cn(Cc2ccc(Cl)cc2Cl)c2ccccc12. The van der Waals surface area contributed by atoms with E-state index in [-0.39, 0.29) is 11.5 Å². The highest BCUT2D eigenvalue weighted by molar-refractivity contribution is 6.35. The van der Waals surface area contributed by atoms with Crippen LogP contribution in [-0.2, 0) is 6.54 Å². The zero-order valence-corrected chi connectivity index (χ0v) is 21.8. The highest BCUT2D eigenvalue weighted by Crippen LogP contribution is 2.32. The number of fused-ring (bicyclic) bond motifs is 2. The molecule has 5 aromatic rings. The first-order chi connectivity index (χ1) is 18.1. The van der Waals surface area contributed by atoms with Gasteiger partial charge in [0.05, 0.1) is 17.1 Å². The molecular formula is C30H26Cl2N4O. The fourth-order valence-corrected chi connectivity index (χ4v) is 5.81. The van der Waals surface area contributed by atoms with Crippen molar-refractivity contribution in [2.24, 2.45) is 5.10 Å². The van der Waals surface area contributed by atoms with E-state index < -0.39 is 0 Å². The molecule has 0 spiro atoms. The van der Waals surface area contributed by atoms with E-state index in [2.05, 4.69) is 22.9 Å². The largest absolute Gasteiger partial charge is 0.342 e. The van der Waals surface area contributed by atoms with Crippen LogP contribution in [0, 0.1) is 0 Å². The van der Waals surface area contributed by atoms with Crippen LogP contribution in [0.1, 0.15) is 55.0 Å². The summed E-state index contributed by atoms with van der Waals surface area (Å²) >= 11 is 12.6. The quantitative estimate of drug-likeness (QED) is 0.220. The molecule has 0 saturated heterocycles. The van der Waals surface area contributed by atoms with E-state index in [4.69, 9.17) is 33.3 Å². The lowest BCUT2D eigenvalue weighted by Gasteiger charge is -2.22. The first-order valence-electron chi connectivity index (χ1n) is 12.7. The van der Waals surface area contributed by atoms with Gasteiger partial charge in [-0.05, 0) is 48.7 Å². The summed E-state index contributed by atoms with van der Waals surface area (Å²) in [5.74, 6) is 0.993. The summed E-state index contributed by atoms with van der Waals surface area (Å²) in [6, 6.07) is 21.3. The monoisotopic (exact) mass is 528 g/mol. The summed E-state index contributed by atoms with van der Waals surface area (Å²) in [6.07, 6.45) is 9.43. The summed E-state index contributed by atoms with van der Waals surface area (Å²) in [4.78, 5) is 18.5. The number of hydrogen-bond donors (Lipinski definition) is 0. The standard InChI is InChI=1S/C30H26Cl2N4O/c31-23-15-14-21(26(32)16-23)18-35-19-22(24-10-5-7-13-28(24)35)17-33-36-29(20-8-2-1-3-9-20)34-27-12-6-4-11-25(27)30(36)37/h4-7,10-17,19-20H,1-3,8-9,18H2. The molecule has 0 atom stereocenters.